The van der Waals surface area contributed by atoms with Crippen LogP contribution in [0.15, 0.2) is 5.03 Å². The van der Waals surface area contributed by atoms with Crippen molar-refractivity contribution in [2.75, 3.05) is 12.8 Å². The van der Waals surface area contributed by atoms with Crippen molar-refractivity contribution in [3.8, 4) is 0 Å². The predicted octanol–water partition coefficient (Wildman–Crippen LogP) is 1.55. The van der Waals surface area contributed by atoms with Crippen molar-refractivity contribution in [1.82, 2.24) is 14.9 Å². The lowest BCUT2D eigenvalue weighted by Crippen LogP contribution is -2.42. The second-order valence-electron chi connectivity index (χ2n) is 5.56. The van der Waals surface area contributed by atoms with Gasteiger partial charge in [-0.2, -0.15) is 16.9 Å². The maximum atomic E-state index is 12.4. The third kappa shape index (κ3) is 3.61. The fourth-order valence-electron chi connectivity index (χ4n) is 2.78. The molecule has 1 saturated carbocycles. The van der Waals surface area contributed by atoms with Crippen molar-refractivity contribution in [1.29, 1.82) is 0 Å². The van der Waals surface area contributed by atoms with Crippen LogP contribution in [-0.4, -0.2) is 41.3 Å². The quantitative estimate of drug-likeness (QED) is 0.734. The molecule has 1 aromatic rings. The van der Waals surface area contributed by atoms with Gasteiger partial charge in [-0.15, -0.1) is 0 Å². The summed E-state index contributed by atoms with van der Waals surface area (Å²) in [5.41, 5.74) is 0.916. The Kier molecular flexibility index (Phi) is 5.34. The summed E-state index contributed by atoms with van der Waals surface area (Å²) in [6.45, 7) is 1.77. The highest BCUT2D eigenvalue weighted by atomic mass is 32.2. The van der Waals surface area contributed by atoms with Crippen LogP contribution in [0.4, 0.5) is 0 Å². The van der Waals surface area contributed by atoms with E-state index in [1.54, 1.807) is 18.7 Å². The molecule has 0 aliphatic heterocycles. The summed E-state index contributed by atoms with van der Waals surface area (Å²) in [5.74, 6) is 0. The van der Waals surface area contributed by atoms with Crippen LogP contribution in [0.2, 0.25) is 0 Å². The summed E-state index contributed by atoms with van der Waals surface area (Å²) < 4.78 is 27.5. The molecule has 1 fully saturated rings. The van der Waals surface area contributed by atoms with Crippen molar-refractivity contribution >= 4 is 21.8 Å². The fourth-order valence-corrected chi connectivity index (χ4v) is 5.10. The van der Waals surface area contributed by atoms with Gasteiger partial charge in [-0.1, -0.05) is 19.3 Å². The van der Waals surface area contributed by atoms with Crippen LogP contribution in [0, 0.1) is 6.92 Å². The van der Waals surface area contributed by atoms with Gasteiger partial charge in [0.25, 0.3) is 10.0 Å². The average molecular weight is 333 g/mol. The number of aliphatic hydroxyl groups is 1. The van der Waals surface area contributed by atoms with Gasteiger partial charge in [0, 0.05) is 22.5 Å². The zero-order valence-corrected chi connectivity index (χ0v) is 14.1. The van der Waals surface area contributed by atoms with E-state index in [1.165, 1.54) is 6.42 Å². The number of thioether (sulfide) groups is 1. The highest BCUT2D eigenvalue weighted by Crippen LogP contribution is 2.38. The molecule has 0 saturated heterocycles. The van der Waals surface area contributed by atoms with Gasteiger partial charge in [0.2, 0.25) is 0 Å². The van der Waals surface area contributed by atoms with Crippen LogP contribution in [0.3, 0.4) is 0 Å². The molecule has 0 atom stereocenters. The summed E-state index contributed by atoms with van der Waals surface area (Å²) in [5, 5.41) is 15.7. The number of hydrogen-bond donors (Lipinski definition) is 3. The molecule has 2 rings (SSSR count). The molecule has 120 valence electrons. The molecule has 1 aliphatic rings. The first-order valence-corrected chi connectivity index (χ1v) is 9.84. The molecule has 0 aromatic carbocycles. The molecule has 1 heterocycles. The first kappa shape index (κ1) is 16.8. The number of hydrogen-bond acceptors (Lipinski definition) is 5. The summed E-state index contributed by atoms with van der Waals surface area (Å²) in [4.78, 5) is 0. The number of sulfonamides is 1. The van der Waals surface area contributed by atoms with Crippen molar-refractivity contribution in [2.45, 2.75) is 55.4 Å². The molecule has 1 aliphatic carbocycles. The second-order valence-corrected chi connectivity index (χ2v) is 8.52. The monoisotopic (exact) mass is 333 g/mol. The highest BCUT2D eigenvalue weighted by molar-refractivity contribution is 8.00. The Morgan fingerprint density at radius 3 is 2.62 bits per heavy atom. The van der Waals surface area contributed by atoms with E-state index in [0.717, 1.165) is 25.7 Å². The molecule has 1 aromatic heterocycles. The normalized spacial score (nSPS) is 18.8. The van der Waals surface area contributed by atoms with Gasteiger partial charge in [-0.3, -0.25) is 5.10 Å². The highest BCUT2D eigenvalue weighted by Gasteiger charge is 2.33. The van der Waals surface area contributed by atoms with Crippen LogP contribution < -0.4 is 4.72 Å². The summed E-state index contributed by atoms with van der Waals surface area (Å²) >= 11 is 1.74. The van der Waals surface area contributed by atoms with Gasteiger partial charge in [0.15, 0.2) is 5.03 Å². The summed E-state index contributed by atoms with van der Waals surface area (Å²) in [6, 6.07) is 0. The number of aromatic nitrogens is 2. The minimum Gasteiger partial charge on any atom is -0.392 e. The number of aromatic amines is 1. The summed E-state index contributed by atoms with van der Waals surface area (Å²) in [7, 11) is -3.70. The zero-order valence-electron chi connectivity index (χ0n) is 12.5. The molecule has 0 bridgehead atoms. The van der Waals surface area contributed by atoms with Crippen molar-refractivity contribution < 1.29 is 13.5 Å². The molecule has 21 heavy (non-hydrogen) atoms. The topological polar surface area (TPSA) is 95.1 Å². The van der Waals surface area contributed by atoms with E-state index >= 15 is 0 Å². The molecule has 3 N–H and O–H groups in total. The van der Waals surface area contributed by atoms with Gasteiger partial charge in [0.1, 0.15) is 0 Å². The second kappa shape index (κ2) is 6.68. The molecular weight excluding hydrogens is 310 g/mol. The fraction of sp³-hybridized carbons (Fsp3) is 0.769. The molecule has 0 spiro atoms. The van der Waals surface area contributed by atoms with Crippen LogP contribution in [0.25, 0.3) is 0 Å². The number of nitrogens with zero attached hydrogens (tertiary/aromatic N) is 1. The van der Waals surface area contributed by atoms with Crippen molar-refractivity contribution in [3.05, 3.63) is 11.3 Å². The first-order valence-electron chi connectivity index (χ1n) is 7.14. The molecule has 8 heteroatoms. The number of aryl methyl sites for hydroxylation is 1. The molecule has 6 nitrogen and oxygen atoms in total. The Labute approximate surface area is 130 Å². The largest absolute Gasteiger partial charge is 0.392 e. The van der Waals surface area contributed by atoms with Gasteiger partial charge < -0.3 is 5.11 Å². The van der Waals surface area contributed by atoms with Crippen LogP contribution in [0.5, 0.6) is 0 Å². The van der Waals surface area contributed by atoms with E-state index in [9.17, 15) is 13.5 Å². The first-order chi connectivity index (χ1) is 9.94. The third-order valence-electron chi connectivity index (χ3n) is 4.23. The minimum atomic E-state index is -3.70. The van der Waals surface area contributed by atoms with E-state index in [-0.39, 0.29) is 16.4 Å². The average Bonchev–Trinajstić information content (AvgIpc) is 2.88. The number of nitrogens with one attached hydrogen (secondary N) is 2. The lowest BCUT2D eigenvalue weighted by molar-refractivity contribution is 0.277. The number of aliphatic hydroxyl groups excluding tert-OH is 1. The lowest BCUT2D eigenvalue weighted by Gasteiger charge is -2.35. The Morgan fingerprint density at radius 2 is 2.05 bits per heavy atom. The minimum absolute atomic E-state index is 0.0178. The maximum Gasteiger partial charge on any atom is 0.260 e. The third-order valence-corrected chi connectivity index (χ3v) is 7.02. The Bertz CT molecular complexity index is 577. The van der Waals surface area contributed by atoms with Crippen LogP contribution in [-0.2, 0) is 16.6 Å². The maximum absolute atomic E-state index is 12.4. The van der Waals surface area contributed by atoms with E-state index in [1.807, 2.05) is 6.26 Å². The van der Waals surface area contributed by atoms with Crippen molar-refractivity contribution in [2.24, 2.45) is 0 Å². The van der Waals surface area contributed by atoms with Crippen LogP contribution in [0.1, 0.15) is 43.4 Å². The predicted molar refractivity (Wildman–Crippen MR) is 83.8 cm³/mol. The number of rotatable bonds is 6. The molecular formula is C13H23N3O3S2. The van der Waals surface area contributed by atoms with Crippen molar-refractivity contribution in [3.63, 3.8) is 0 Å². The standard InChI is InChI=1S/C13H23N3O3S2/c1-10-11(8-17)12(16-15-10)21(18,19)14-9-13(20-2)6-4-3-5-7-13/h14,17H,3-9H2,1-2H3,(H,15,16). The smallest absolute Gasteiger partial charge is 0.260 e. The van der Waals surface area contributed by atoms with Crippen LogP contribution >= 0.6 is 11.8 Å². The number of H-pyrrole nitrogens is 1. The van der Waals surface area contributed by atoms with Gasteiger partial charge >= 0.3 is 0 Å². The van der Waals surface area contributed by atoms with Gasteiger partial charge in [-0.25, -0.2) is 13.1 Å². The van der Waals surface area contributed by atoms with E-state index in [0.29, 0.717) is 17.8 Å². The Morgan fingerprint density at radius 1 is 1.38 bits per heavy atom. The van der Waals surface area contributed by atoms with Gasteiger partial charge in [-0.05, 0) is 26.0 Å². The Hall–Kier alpha value is -0.570. The summed E-state index contributed by atoms with van der Waals surface area (Å²) in [6.07, 6.45) is 7.62. The zero-order chi connectivity index (χ0) is 15.5. The van der Waals surface area contributed by atoms with E-state index < -0.39 is 10.0 Å². The molecule has 0 radical (unpaired) electrons. The SMILES string of the molecule is CSC1(CNS(=O)(=O)c2n[nH]c(C)c2CO)CCCCC1. The van der Waals surface area contributed by atoms with E-state index in [4.69, 9.17) is 0 Å². The molecule has 0 amide bonds. The lowest BCUT2D eigenvalue weighted by atomic mass is 9.88. The van der Waals surface area contributed by atoms with Gasteiger partial charge in [0.05, 0.1) is 6.61 Å². The van der Waals surface area contributed by atoms with E-state index in [2.05, 4.69) is 14.9 Å². The Balaban J connectivity index is 2.14. The molecule has 0 unspecified atom stereocenters.